The Balaban J connectivity index is 1.72. The van der Waals surface area contributed by atoms with Gasteiger partial charge in [0.15, 0.2) is 0 Å². The zero-order valence-electron chi connectivity index (χ0n) is 14.9. The molecule has 0 aliphatic heterocycles. The Labute approximate surface area is 143 Å². The van der Waals surface area contributed by atoms with Crippen LogP contribution in [-0.2, 0) is 6.54 Å². The number of aromatic nitrogens is 1. The van der Waals surface area contributed by atoms with Crippen molar-refractivity contribution in [2.45, 2.75) is 40.3 Å². The van der Waals surface area contributed by atoms with Gasteiger partial charge in [0, 0.05) is 28.8 Å². The highest BCUT2D eigenvalue weighted by molar-refractivity contribution is 5.85. The van der Waals surface area contributed by atoms with Gasteiger partial charge in [0.2, 0.25) is 0 Å². The summed E-state index contributed by atoms with van der Waals surface area (Å²) in [7, 11) is 0. The summed E-state index contributed by atoms with van der Waals surface area (Å²) in [6.07, 6.45) is -0.444. The largest absolute Gasteiger partial charge is 0.389 e. The molecule has 0 fully saturated rings. The molecule has 0 amide bonds. The Kier molecular flexibility index (Phi) is 4.63. The van der Waals surface area contributed by atoms with Gasteiger partial charge >= 0.3 is 0 Å². The molecule has 3 rings (SSSR count). The minimum absolute atomic E-state index is 0.444. The first-order valence-electron chi connectivity index (χ1n) is 8.51. The van der Waals surface area contributed by atoms with Gasteiger partial charge in [-0.1, -0.05) is 24.3 Å². The van der Waals surface area contributed by atoms with E-state index in [1.54, 1.807) is 0 Å². The second-order valence-electron chi connectivity index (χ2n) is 6.67. The molecule has 0 aliphatic carbocycles. The van der Waals surface area contributed by atoms with Gasteiger partial charge in [-0.3, -0.25) is 0 Å². The quantitative estimate of drug-likeness (QED) is 0.733. The second kappa shape index (κ2) is 6.70. The summed E-state index contributed by atoms with van der Waals surface area (Å²) in [4.78, 5) is 0. The van der Waals surface area contributed by atoms with Gasteiger partial charge in [-0.15, -0.1) is 0 Å². The van der Waals surface area contributed by atoms with Crippen LogP contribution in [0.1, 0.15) is 22.4 Å². The maximum atomic E-state index is 10.5. The number of nitrogens with one attached hydrogen (secondary N) is 1. The Morgan fingerprint density at radius 3 is 2.50 bits per heavy atom. The van der Waals surface area contributed by atoms with Gasteiger partial charge in [0.25, 0.3) is 0 Å². The highest BCUT2D eigenvalue weighted by atomic mass is 16.3. The molecule has 0 radical (unpaired) electrons. The second-order valence-corrected chi connectivity index (χ2v) is 6.67. The third-order valence-corrected chi connectivity index (χ3v) is 4.99. The molecule has 3 heteroatoms. The van der Waals surface area contributed by atoms with Crippen molar-refractivity contribution >= 4 is 16.6 Å². The van der Waals surface area contributed by atoms with Gasteiger partial charge in [0.1, 0.15) is 0 Å². The number of aliphatic hydroxyl groups excluding tert-OH is 1. The van der Waals surface area contributed by atoms with E-state index < -0.39 is 6.10 Å². The van der Waals surface area contributed by atoms with E-state index in [0.29, 0.717) is 13.1 Å². The molecular formula is C21H26N2O. The van der Waals surface area contributed by atoms with Crippen LogP contribution >= 0.6 is 0 Å². The highest BCUT2D eigenvalue weighted by Crippen LogP contribution is 2.25. The van der Waals surface area contributed by atoms with Crippen molar-refractivity contribution in [3.63, 3.8) is 0 Å². The van der Waals surface area contributed by atoms with E-state index in [1.807, 2.05) is 0 Å². The van der Waals surface area contributed by atoms with Crippen molar-refractivity contribution in [1.82, 2.24) is 4.57 Å². The Morgan fingerprint density at radius 1 is 1.00 bits per heavy atom. The predicted octanol–water partition coefficient (Wildman–Crippen LogP) is 4.35. The molecule has 2 aromatic carbocycles. The SMILES string of the molecule is Cc1ccc(NC[C@H](O)Cn2c(C)c(C)c3ccccc32)cc1C. The molecule has 0 unspecified atom stereocenters. The minimum atomic E-state index is -0.444. The van der Waals surface area contributed by atoms with Crippen LogP contribution < -0.4 is 5.32 Å². The molecule has 1 atom stereocenters. The molecule has 0 aliphatic rings. The number of aliphatic hydroxyl groups is 1. The maximum Gasteiger partial charge on any atom is 0.0891 e. The van der Waals surface area contributed by atoms with E-state index in [9.17, 15) is 5.11 Å². The van der Waals surface area contributed by atoms with E-state index >= 15 is 0 Å². The van der Waals surface area contributed by atoms with Gasteiger partial charge in [-0.05, 0) is 62.6 Å². The van der Waals surface area contributed by atoms with E-state index in [1.165, 1.54) is 33.3 Å². The fourth-order valence-electron chi connectivity index (χ4n) is 3.20. The molecule has 0 spiro atoms. The number of aryl methyl sites for hydroxylation is 3. The van der Waals surface area contributed by atoms with Gasteiger partial charge < -0.3 is 15.0 Å². The van der Waals surface area contributed by atoms with Crippen LogP contribution in [0, 0.1) is 27.7 Å². The molecule has 3 aromatic rings. The van der Waals surface area contributed by atoms with Crippen LogP contribution in [0.25, 0.3) is 10.9 Å². The van der Waals surface area contributed by atoms with Gasteiger partial charge in [0.05, 0.1) is 12.6 Å². The van der Waals surface area contributed by atoms with E-state index in [0.717, 1.165) is 5.69 Å². The van der Waals surface area contributed by atoms with Crippen LogP contribution in [0.5, 0.6) is 0 Å². The molecule has 1 heterocycles. The average Bonchev–Trinajstić information content (AvgIpc) is 2.81. The first-order chi connectivity index (χ1) is 11.5. The summed E-state index contributed by atoms with van der Waals surface area (Å²) in [5, 5.41) is 15.1. The fraction of sp³-hybridized carbons (Fsp3) is 0.333. The van der Waals surface area contributed by atoms with Crippen molar-refractivity contribution in [3.8, 4) is 0 Å². The van der Waals surface area contributed by atoms with Crippen molar-refractivity contribution in [2.24, 2.45) is 0 Å². The van der Waals surface area contributed by atoms with E-state index in [-0.39, 0.29) is 0 Å². The average molecular weight is 322 g/mol. The lowest BCUT2D eigenvalue weighted by Crippen LogP contribution is -2.25. The molecular weight excluding hydrogens is 296 g/mol. The first kappa shape index (κ1) is 16.6. The summed E-state index contributed by atoms with van der Waals surface area (Å²) in [5.74, 6) is 0. The molecule has 126 valence electrons. The number of hydrogen-bond donors (Lipinski definition) is 2. The fourth-order valence-corrected chi connectivity index (χ4v) is 3.20. The number of fused-ring (bicyclic) bond motifs is 1. The Morgan fingerprint density at radius 2 is 1.75 bits per heavy atom. The number of benzene rings is 2. The normalized spacial score (nSPS) is 12.5. The predicted molar refractivity (Wildman–Crippen MR) is 102 cm³/mol. The first-order valence-corrected chi connectivity index (χ1v) is 8.51. The lowest BCUT2D eigenvalue weighted by Gasteiger charge is -2.16. The lowest BCUT2D eigenvalue weighted by atomic mass is 10.1. The molecule has 3 nitrogen and oxygen atoms in total. The van der Waals surface area contributed by atoms with Crippen molar-refractivity contribution < 1.29 is 5.11 Å². The monoisotopic (exact) mass is 322 g/mol. The molecule has 0 saturated heterocycles. The van der Waals surface area contributed by atoms with Crippen LogP contribution in [0.2, 0.25) is 0 Å². The molecule has 2 N–H and O–H groups in total. The Bertz CT molecular complexity index is 864. The topological polar surface area (TPSA) is 37.2 Å². The number of rotatable bonds is 5. The van der Waals surface area contributed by atoms with Crippen LogP contribution in [0.4, 0.5) is 5.69 Å². The van der Waals surface area contributed by atoms with Crippen LogP contribution in [0.15, 0.2) is 42.5 Å². The molecule has 0 saturated carbocycles. The standard InChI is InChI=1S/C21H26N2O/c1-14-9-10-18(11-15(14)2)22-12-19(24)13-23-17(4)16(3)20-7-5-6-8-21(20)23/h5-11,19,22,24H,12-13H2,1-4H3/t19-/m0/s1. The summed E-state index contributed by atoms with van der Waals surface area (Å²) >= 11 is 0. The molecule has 0 bridgehead atoms. The molecule has 24 heavy (non-hydrogen) atoms. The minimum Gasteiger partial charge on any atom is -0.389 e. The zero-order chi connectivity index (χ0) is 17.3. The number of nitrogens with zero attached hydrogens (tertiary/aromatic N) is 1. The maximum absolute atomic E-state index is 10.5. The van der Waals surface area contributed by atoms with Gasteiger partial charge in [-0.25, -0.2) is 0 Å². The number of hydrogen-bond acceptors (Lipinski definition) is 2. The van der Waals surface area contributed by atoms with Crippen LogP contribution in [-0.4, -0.2) is 22.3 Å². The highest BCUT2D eigenvalue weighted by Gasteiger charge is 2.13. The Hall–Kier alpha value is -2.26. The zero-order valence-corrected chi connectivity index (χ0v) is 14.9. The van der Waals surface area contributed by atoms with Crippen LogP contribution in [0.3, 0.4) is 0 Å². The molecule has 1 aromatic heterocycles. The number of anilines is 1. The van der Waals surface area contributed by atoms with Crippen molar-refractivity contribution in [3.05, 3.63) is 64.8 Å². The van der Waals surface area contributed by atoms with Crippen molar-refractivity contribution in [1.29, 1.82) is 0 Å². The summed E-state index contributed by atoms with van der Waals surface area (Å²) in [6, 6.07) is 14.7. The summed E-state index contributed by atoms with van der Waals surface area (Å²) in [6.45, 7) is 9.61. The third kappa shape index (κ3) is 3.17. The lowest BCUT2D eigenvalue weighted by molar-refractivity contribution is 0.167. The van der Waals surface area contributed by atoms with E-state index in [2.05, 4.69) is 80.0 Å². The summed E-state index contributed by atoms with van der Waals surface area (Å²) < 4.78 is 2.22. The summed E-state index contributed by atoms with van der Waals surface area (Å²) in [5.41, 5.74) is 7.31. The van der Waals surface area contributed by atoms with E-state index in [4.69, 9.17) is 0 Å². The van der Waals surface area contributed by atoms with Gasteiger partial charge in [-0.2, -0.15) is 0 Å². The smallest absolute Gasteiger partial charge is 0.0891 e. The third-order valence-electron chi connectivity index (χ3n) is 4.99. The van der Waals surface area contributed by atoms with Crippen molar-refractivity contribution in [2.75, 3.05) is 11.9 Å². The number of para-hydroxylation sites is 1.